The quantitative estimate of drug-likeness (QED) is 0.320. The molecular weight excluding hydrogens is 590 g/mol. The largest absolute Gasteiger partial charge is 0.460 e. The number of fused-ring (bicyclic) bond motifs is 1. The molecule has 3 amide bonds. The first-order chi connectivity index (χ1) is 22.5. The zero-order valence-electron chi connectivity index (χ0n) is 28.8. The number of rotatable bonds is 9. The number of nitrogens with one attached hydrogen (secondary N) is 2. The van der Waals surface area contributed by atoms with Gasteiger partial charge in [-0.25, -0.2) is 0 Å². The van der Waals surface area contributed by atoms with Crippen molar-refractivity contribution in [2.45, 2.75) is 129 Å². The maximum Gasteiger partial charge on any atom is 0.309 e. The smallest absolute Gasteiger partial charge is 0.309 e. The fourth-order valence-electron chi connectivity index (χ4n) is 7.85. The van der Waals surface area contributed by atoms with Crippen molar-refractivity contribution in [3.8, 4) is 0 Å². The van der Waals surface area contributed by atoms with Crippen LogP contribution < -0.4 is 10.6 Å². The van der Waals surface area contributed by atoms with E-state index in [0.717, 1.165) is 56.9 Å². The molecule has 0 aromatic heterocycles. The average Bonchev–Trinajstić information content (AvgIpc) is 3.45. The number of piperazine rings is 1. The van der Waals surface area contributed by atoms with Gasteiger partial charge in [-0.1, -0.05) is 82.0 Å². The van der Waals surface area contributed by atoms with Gasteiger partial charge in [-0.15, -0.1) is 0 Å². The van der Waals surface area contributed by atoms with Gasteiger partial charge in [0.1, 0.15) is 17.7 Å². The summed E-state index contributed by atoms with van der Waals surface area (Å²) in [7, 11) is 0. The second-order valence-electron chi connectivity index (χ2n) is 14.8. The molecule has 2 aliphatic carbocycles. The van der Waals surface area contributed by atoms with Gasteiger partial charge in [0.15, 0.2) is 0 Å². The Kier molecular flexibility index (Phi) is 11.1. The molecule has 2 aromatic carbocycles. The van der Waals surface area contributed by atoms with Crippen molar-refractivity contribution in [2.75, 3.05) is 0 Å². The maximum absolute atomic E-state index is 14.4. The summed E-state index contributed by atoms with van der Waals surface area (Å²) < 4.78 is 5.67. The Bertz CT molecular complexity index is 1420. The SMILES string of the molecule is CCC(CC)[C@@H]1C(=O)N[C@H](C2Cc3ccccc3C2)C(=O)N1Cc1ccccc1C(=O)NC1CCCCC(C(=O)OC(C)(C)C)CC1. The first-order valence-corrected chi connectivity index (χ1v) is 17.8. The molecule has 2 aromatic rings. The van der Waals surface area contributed by atoms with E-state index in [2.05, 4.69) is 36.6 Å². The van der Waals surface area contributed by atoms with E-state index >= 15 is 0 Å². The van der Waals surface area contributed by atoms with E-state index in [1.165, 1.54) is 11.1 Å². The minimum absolute atomic E-state index is 0.00336. The predicted octanol–water partition coefficient (Wildman–Crippen LogP) is 6.14. The highest BCUT2D eigenvalue weighted by molar-refractivity contribution is 5.98. The zero-order chi connectivity index (χ0) is 33.7. The summed E-state index contributed by atoms with van der Waals surface area (Å²) in [5, 5.41) is 6.40. The molecule has 5 rings (SSSR count). The molecule has 1 heterocycles. The van der Waals surface area contributed by atoms with Gasteiger partial charge in [-0.2, -0.15) is 0 Å². The van der Waals surface area contributed by atoms with Crippen molar-refractivity contribution in [3.63, 3.8) is 0 Å². The van der Waals surface area contributed by atoms with E-state index in [0.29, 0.717) is 18.4 Å². The van der Waals surface area contributed by atoms with Crippen molar-refractivity contribution in [1.29, 1.82) is 0 Å². The number of amides is 3. The van der Waals surface area contributed by atoms with Crippen LogP contribution in [0.1, 0.15) is 113 Å². The molecule has 0 spiro atoms. The summed E-state index contributed by atoms with van der Waals surface area (Å²) >= 11 is 0. The second kappa shape index (κ2) is 15.0. The molecule has 1 saturated heterocycles. The lowest BCUT2D eigenvalue weighted by molar-refractivity contribution is -0.160. The average molecular weight is 644 g/mol. The van der Waals surface area contributed by atoms with Crippen LogP contribution in [-0.2, 0) is 38.5 Å². The summed E-state index contributed by atoms with van der Waals surface area (Å²) in [6.45, 7) is 9.98. The van der Waals surface area contributed by atoms with E-state index in [1.807, 2.05) is 57.2 Å². The summed E-state index contributed by atoms with van der Waals surface area (Å²) in [6, 6.07) is 14.4. The molecule has 47 heavy (non-hydrogen) atoms. The van der Waals surface area contributed by atoms with Gasteiger partial charge in [0.2, 0.25) is 11.8 Å². The molecule has 0 bridgehead atoms. The van der Waals surface area contributed by atoms with Gasteiger partial charge in [0.05, 0.1) is 5.92 Å². The van der Waals surface area contributed by atoms with E-state index < -0.39 is 17.7 Å². The van der Waals surface area contributed by atoms with Crippen molar-refractivity contribution in [3.05, 3.63) is 70.8 Å². The molecule has 1 aliphatic heterocycles. The second-order valence-corrected chi connectivity index (χ2v) is 14.8. The van der Waals surface area contributed by atoms with Gasteiger partial charge in [-0.05, 0) is 93.9 Å². The Morgan fingerprint density at radius 1 is 0.915 bits per heavy atom. The highest BCUT2D eigenvalue weighted by atomic mass is 16.6. The zero-order valence-corrected chi connectivity index (χ0v) is 28.8. The van der Waals surface area contributed by atoms with Gasteiger partial charge in [0, 0.05) is 18.2 Å². The number of carbonyl (C=O) groups is 4. The van der Waals surface area contributed by atoms with Gasteiger partial charge in [0.25, 0.3) is 5.91 Å². The van der Waals surface area contributed by atoms with Crippen LogP contribution in [0.2, 0.25) is 0 Å². The number of hydrogen-bond donors (Lipinski definition) is 2. The fourth-order valence-corrected chi connectivity index (χ4v) is 7.85. The van der Waals surface area contributed by atoms with Crippen molar-refractivity contribution >= 4 is 23.7 Å². The third-order valence-electron chi connectivity index (χ3n) is 10.4. The monoisotopic (exact) mass is 643 g/mol. The van der Waals surface area contributed by atoms with Crippen LogP contribution in [0.4, 0.5) is 0 Å². The third-order valence-corrected chi connectivity index (χ3v) is 10.4. The Morgan fingerprint density at radius 3 is 2.21 bits per heavy atom. The first kappa shape index (κ1) is 34.6. The van der Waals surface area contributed by atoms with Crippen LogP contribution in [0.5, 0.6) is 0 Å². The standard InChI is InChI=1S/C39H53N3O5/c1-6-25(7-2)34-36(44)41-33(30-22-27-15-8-9-16-28(27)23-30)37(45)42(34)24-29-17-11-13-19-32(29)35(43)40-31-18-12-10-14-26(20-21-31)38(46)47-39(3,4)5/h8-9,11,13,15-17,19,25-26,30-31,33-34H,6-7,10,12,14,18,20-24H2,1-5H3,(H,40,43)(H,41,44)/t26?,31?,33-,34-/m1/s1. The van der Waals surface area contributed by atoms with Gasteiger partial charge < -0.3 is 20.3 Å². The van der Waals surface area contributed by atoms with Crippen LogP contribution in [0.25, 0.3) is 0 Å². The van der Waals surface area contributed by atoms with Crippen LogP contribution in [0.15, 0.2) is 48.5 Å². The van der Waals surface area contributed by atoms with E-state index in [9.17, 15) is 19.2 Å². The highest BCUT2D eigenvalue weighted by Gasteiger charge is 2.47. The third kappa shape index (κ3) is 8.25. The number of esters is 1. The molecule has 8 nitrogen and oxygen atoms in total. The molecule has 4 atom stereocenters. The van der Waals surface area contributed by atoms with E-state index in [1.54, 1.807) is 4.90 Å². The normalized spacial score (nSPS) is 23.9. The number of nitrogens with zero attached hydrogens (tertiary/aromatic N) is 1. The molecule has 0 radical (unpaired) electrons. The van der Waals surface area contributed by atoms with Crippen LogP contribution in [0, 0.1) is 17.8 Å². The lowest BCUT2D eigenvalue weighted by atomic mass is 9.85. The summed E-state index contributed by atoms with van der Waals surface area (Å²) in [6.07, 6.45) is 7.91. The molecule has 2 N–H and O–H groups in total. The summed E-state index contributed by atoms with van der Waals surface area (Å²) in [5.41, 5.74) is 3.20. The Morgan fingerprint density at radius 2 is 1.55 bits per heavy atom. The number of hydrogen-bond acceptors (Lipinski definition) is 5. The Hall–Kier alpha value is -3.68. The lowest BCUT2D eigenvalue weighted by Crippen LogP contribution is -2.66. The lowest BCUT2D eigenvalue weighted by Gasteiger charge is -2.44. The van der Waals surface area contributed by atoms with Crippen LogP contribution in [-0.4, -0.2) is 52.3 Å². The molecule has 2 fully saturated rings. The van der Waals surface area contributed by atoms with Gasteiger partial charge in [-0.3, -0.25) is 19.2 Å². The fraction of sp³-hybridized carbons (Fsp3) is 0.590. The van der Waals surface area contributed by atoms with Crippen LogP contribution in [0.3, 0.4) is 0 Å². The topological polar surface area (TPSA) is 105 Å². The van der Waals surface area contributed by atoms with Crippen molar-refractivity contribution in [1.82, 2.24) is 15.5 Å². The molecular formula is C39H53N3O5. The van der Waals surface area contributed by atoms with Gasteiger partial charge >= 0.3 is 5.97 Å². The number of ether oxygens (including phenoxy) is 1. The summed E-state index contributed by atoms with van der Waals surface area (Å²) in [4.78, 5) is 56.6. The number of benzene rings is 2. The molecule has 8 heteroatoms. The number of carbonyl (C=O) groups excluding carboxylic acids is 4. The Labute approximate surface area is 280 Å². The predicted molar refractivity (Wildman–Crippen MR) is 182 cm³/mol. The minimum Gasteiger partial charge on any atom is -0.460 e. The van der Waals surface area contributed by atoms with E-state index in [-0.39, 0.29) is 54.0 Å². The maximum atomic E-state index is 14.4. The highest BCUT2D eigenvalue weighted by Crippen LogP contribution is 2.34. The molecule has 3 aliphatic rings. The van der Waals surface area contributed by atoms with Crippen molar-refractivity contribution < 1.29 is 23.9 Å². The summed E-state index contributed by atoms with van der Waals surface area (Å²) in [5.74, 6) is -0.670. The van der Waals surface area contributed by atoms with Crippen molar-refractivity contribution in [2.24, 2.45) is 17.8 Å². The molecule has 254 valence electrons. The Balaban J connectivity index is 1.33. The minimum atomic E-state index is -0.602. The molecule has 1 saturated carbocycles. The first-order valence-electron chi connectivity index (χ1n) is 17.8. The molecule has 2 unspecified atom stereocenters. The van der Waals surface area contributed by atoms with E-state index in [4.69, 9.17) is 4.74 Å². The van der Waals surface area contributed by atoms with Crippen LogP contribution >= 0.6 is 0 Å².